The zero-order valence-corrected chi connectivity index (χ0v) is 13.7. The lowest BCUT2D eigenvalue weighted by Gasteiger charge is -2.12. The van der Waals surface area contributed by atoms with Gasteiger partial charge in [-0.25, -0.2) is 4.98 Å². The first kappa shape index (κ1) is 17.8. The zero-order valence-electron chi connectivity index (χ0n) is 13.0. The van der Waals surface area contributed by atoms with Crippen molar-refractivity contribution in [3.8, 4) is 0 Å². The molecule has 0 unspecified atom stereocenters. The normalized spacial score (nSPS) is 11.2. The Balaban J connectivity index is 1.73. The monoisotopic (exact) mass is 381 g/mol. The van der Waals surface area contributed by atoms with Crippen LogP contribution in [0.2, 0.25) is 5.02 Å². The fourth-order valence-corrected chi connectivity index (χ4v) is 2.25. The number of carbonyl (C=O) groups is 1. The van der Waals surface area contributed by atoms with Gasteiger partial charge in [-0.3, -0.25) is 4.79 Å². The summed E-state index contributed by atoms with van der Waals surface area (Å²) < 4.78 is 43.4. The van der Waals surface area contributed by atoms with E-state index in [1.54, 1.807) is 12.1 Å². The summed E-state index contributed by atoms with van der Waals surface area (Å²) >= 11 is 5.94. The van der Waals surface area contributed by atoms with E-state index < -0.39 is 17.6 Å². The molecular weight excluding hydrogens is 371 g/mol. The van der Waals surface area contributed by atoms with E-state index in [4.69, 9.17) is 16.0 Å². The minimum Gasteiger partial charge on any atom is -0.459 e. The molecule has 0 aliphatic carbocycles. The number of hydrogen-bond donors (Lipinski definition) is 2. The maximum atomic E-state index is 12.8. The Morgan fingerprint density at radius 1 is 1.15 bits per heavy atom. The number of furan rings is 1. The van der Waals surface area contributed by atoms with Gasteiger partial charge in [0.05, 0.1) is 34.4 Å². The van der Waals surface area contributed by atoms with Crippen molar-refractivity contribution in [2.75, 3.05) is 10.6 Å². The standard InChI is InChI=1S/C17H11ClF3N3O2/c18-12-5-3-10(17(19,20)21)8-13(12)23-11-4-6-15(22-9-11)24-16(25)14-2-1-7-26-14/h1-9,23H,(H,22,24,25). The largest absolute Gasteiger partial charge is 0.459 e. The molecule has 3 rings (SSSR count). The van der Waals surface area contributed by atoms with Crippen LogP contribution in [0.3, 0.4) is 0 Å². The van der Waals surface area contributed by atoms with Crippen LogP contribution in [0.1, 0.15) is 16.1 Å². The van der Waals surface area contributed by atoms with Crippen LogP contribution in [0, 0.1) is 0 Å². The minimum absolute atomic E-state index is 0.0932. The van der Waals surface area contributed by atoms with Crippen LogP contribution >= 0.6 is 11.6 Å². The molecule has 1 amide bonds. The molecule has 0 radical (unpaired) electrons. The summed E-state index contributed by atoms with van der Waals surface area (Å²) in [6, 6.07) is 9.09. The average Bonchev–Trinajstić information content (AvgIpc) is 3.12. The number of nitrogens with one attached hydrogen (secondary N) is 2. The van der Waals surface area contributed by atoms with E-state index >= 15 is 0 Å². The minimum atomic E-state index is -4.47. The molecular formula is C17H11ClF3N3O2. The van der Waals surface area contributed by atoms with Crippen molar-refractivity contribution < 1.29 is 22.4 Å². The second-order valence-corrected chi connectivity index (χ2v) is 5.59. The maximum Gasteiger partial charge on any atom is 0.416 e. The van der Waals surface area contributed by atoms with Gasteiger partial charge >= 0.3 is 6.18 Å². The number of aromatic nitrogens is 1. The molecule has 0 atom stereocenters. The lowest BCUT2D eigenvalue weighted by molar-refractivity contribution is -0.137. The number of anilines is 3. The van der Waals surface area contributed by atoms with Gasteiger partial charge in [0.2, 0.25) is 0 Å². The van der Waals surface area contributed by atoms with E-state index in [1.807, 2.05) is 0 Å². The SMILES string of the molecule is O=C(Nc1ccc(Nc2cc(C(F)(F)F)ccc2Cl)cn1)c1ccco1. The quantitative estimate of drug-likeness (QED) is 0.640. The predicted molar refractivity (Wildman–Crippen MR) is 90.6 cm³/mol. The van der Waals surface area contributed by atoms with Crippen molar-refractivity contribution >= 4 is 34.7 Å². The van der Waals surface area contributed by atoms with E-state index in [0.717, 1.165) is 18.2 Å². The third-order valence-corrected chi connectivity index (χ3v) is 3.65. The summed E-state index contributed by atoms with van der Waals surface area (Å²) in [5.41, 5.74) is -0.322. The number of carbonyl (C=O) groups excluding carboxylic acids is 1. The molecule has 5 nitrogen and oxygen atoms in total. The molecule has 1 aromatic carbocycles. The number of nitrogens with zero attached hydrogens (tertiary/aromatic N) is 1. The number of amides is 1. The number of alkyl halides is 3. The van der Waals surface area contributed by atoms with Gasteiger partial charge < -0.3 is 15.1 Å². The highest BCUT2D eigenvalue weighted by Crippen LogP contribution is 2.34. The Morgan fingerprint density at radius 2 is 1.96 bits per heavy atom. The van der Waals surface area contributed by atoms with E-state index in [-0.39, 0.29) is 22.3 Å². The molecule has 0 aliphatic heterocycles. The molecule has 0 bridgehead atoms. The molecule has 0 fully saturated rings. The van der Waals surface area contributed by atoms with Crippen molar-refractivity contribution in [2.45, 2.75) is 6.18 Å². The molecule has 0 saturated heterocycles. The molecule has 3 aromatic rings. The highest BCUT2D eigenvalue weighted by molar-refractivity contribution is 6.33. The number of benzene rings is 1. The van der Waals surface area contributed by atoms with Crippen molar-refractivity contribution in [2.24, 2.45) is 0 Å². The second kappa shape index (κ2) is 7.09. The Labute approximate surface area is 150 Å². The zero-order chi connectivity index (χ0) is 18.7. The fraction of sp³-hybridized carbons (Fsp3) is 0.0588. The van der Waals surface area contributed by atoms with E-state index in [2.05, 4.69) is 15.6 Å². The summed E-state index contributed by atoms with van der Waals surface area (Å²) in [6.07, 6.45) is -1.75. The predicted octanol–water partition coefficient (Wildman–Crippen LogP) is 5.34. The third kappa shape index (κ3) is 4.15. The molecule has 2 aromatic heterocycles. The van der Waals surface area contributed by atoms with Crippen LogP contribution in [0.4, 0.5) is 30.4 Å². The van der Waals surface area contributed by atoms with Crippen LogP contribution in [0.5, 0.6) is 0 Å². The van der Waals surface area contributed by atoms with Gasteiger partial charge in [0.1, 0.15) is 5.82 Å². The number of halogens is 4. The van der Waals surface area contributed by atoms with Gasteiger partial charge in [-0.1, -0.05) is 11.6 Å². The lowest BCUT2D eigenvalue weighted by atomic mass is 10.2. The molecule has 0 saturated carbocycles. The average molecular weight is 382 g/mol. The van der Waals surface area contributed by atoms with Crippen LogP contribution in [-0.4, -0.2) is 10.9 Å². The summed E-state index contributed by atoms with van der Waals surface area (Å²) in [4.78, 5) is 15.9. The van der Waals surface area contributed by atoms with Crippen molar-refractivity contribution in [3.05, 3.63) is 71.3 Å². The van der Waals surface area contributed by atoms with Crippen LogP contribution < -0.4 is 10.6 Å². The third-order valence-electron chi connectivity index (χ3n) is 3.32. The summed E-state index contributed by atoms with van der Waals surface area (Å²) in [6.45, 7) is 0. The number of pyridine rings is 1. The van der Waals surface area contributed by atoms with Crippen molar-refractivity contribution in [1.29, 1.82) is 0 Å². The molecule has 26 heavy (non-hydrogen) atoms. The highest BCUT2D eigenvalue weighted by atomic mass is 35.5. The number of rotatable bonds is 4. The summed E-state index contributed by atoms with van der Waals surface area (Å²) in [5, 5.41) is 5.43. The van der Waals surface area contributed by atoms with Gasteiger partial charge in [-0.15, -0.1) is 0 Å². The Hall–Kier alpha value is -3.00. The first-order valence-corrected chi connectivity index (χ1v) is 7.65. The Bertz CT molecular complexity index is 910. The highest BCUT2D eigenvalue weighted by Gasteiger charge is 2.31. The summed E-state index contributed by atoms with van der Waals surface area (Å²) in [7, 11) is 0. The van der Waals surface area contributed by atoms with Gasteiger partial charge in [-0.2, -0.15) is 13.2 Å². The van der Waals surface area contributed by atoms with E-state index in [0.29, 0.717) is 5.69 Å². The molecule has 0 spiro atoms. The van der Waals surface area contributed by atoms with Crippen molar-refractivity contribution in [3.63, 3.8) is 0 Å². The summed E-state index contributed by atoms with van der Waals surface area (Å²) in [5.74, 6) is -0.0824. The van der Waals surface area contributed by atoms with Gasteiger partial charge in [-0.05, 0) is 42.5 Å². The molecule has 2 N–H and O–H groups in total. The smallest absolute Gasteiger partial charge is 0.416 e. The number of hydrogen-bond acceptors (Lipinski definition) is 4. The first-order valence-electron chi connectivity index (χ1n) is 7.27. The molecule has 0 aliphatic rings. The molecule has 2 heterocycles. The van der Waals surface area contributed by atoms with Gasteiger partial charge in [0.15, 0.2) is 5.76 Å². The lowest BCUT2D eigenvalue weighted by Crippen LogP contribution is -2.11. The maximum absolute atomic E-state index is 12.8. The Kier molecular flexibility index (Phi) is 4.85. The van der Waals surface area contributed by atoms with E-state index in [1.165, 1.54) is 24.6 Å². The molecule has 9 heteroatoms. The van der Waals surface area contributed by atoms with Crippen molar-refractivity contribution in [1.82, 2.24) is 4.98 Å². The van der Waals surface area contributed by atoms with E-state index in [9.17, 15) is 18.0 Å². The van der Waals surface area contributed by atoms with Gasteiger partial charge in [0, 0.05) is 0 Å². The molecule has 134 valence electrons. The van der Waals surface area contributed by atoms with Crippen LogP contribution in [-0.2, 0) is 6.18 Å². The second-order valence-electron chi connectivity index (χ2n) is 5.18. The van der Waals surface area contributed by atoms with Crippen LogP contribution in [0.15, 0.2) is 59.3 Å². The van der Waals surface area contributed by atoms with Crippen LogP contribution in [0.25, 0.3) is 0 Å². The van der Waals surface area contributed by atoms with Gasteiger partial charge in [0.25, 0.3) is 5.91 Å². The fourth-order valence-electron chi connectivity index (χ4n) is 2.08. The first-order chi connectivity index (χ1) is 12.3. The topological polar surface area (TPSA) is 67.2 Å². The Morgan fingerprint density at radius 3 is 2.58 bits per heavy atom.